The number of rotatable bonds is 3. The lowest BCUT2D eigenvalue weighted by Gasteiger charge is -2.03. The Balaban J connectivity index is 1.90. The Morgan fingerprint density at radius 3 is 1.96 bits per heavy atom. The number of hydrogen-bond donors (Lipinski definition) is 0. The van der Waals surface area contributed by atoms with Crippen LogP contribution in [0.2, 0.25) is 0 Å². The zero-order chi connectivity index (χ0) is 16.4. The molecule has 0 saturated carbocycles. The van der Waals surface area contributed by atoms with Gasteiger partial charge in [0.2, 0.25) is 0 Å². The first-order valence-corrected chi connectivity index (χ1v) is 8.09. The SMILES string of the molecule is Cc1ccc(-c2nn(-c3ccccc3)cc2-c2ccccc2)cc1. The highest BCUT2D eigenvalue weighted by Gasteiger charge is 2.13. The summed E-state index contributed by atoms with van der Waals surface area (Å²) in [5.41, 5.74) is 6.77. The molecule has 0 N–H and O–H groups in total. The first-order chi connectivity index (χ1) is 11.8. The molecule has 0 aliphatic carbocycles. The molecule has 4 rings (SSSR count). The summed E-state index contributed by atoms with van der Waals surface area (Å²) in [6.07, 6.45) is 2.11. The zero-order valence-electron chi connectivity index (χ0n) is 13.6. The van der Waals surface area contributed by atoms with E-state index in [1.807, 2.05) is 28.9 Å². The minimum Gasteiger partial charge on any atom is -0.240 e. The highest BCUT2D eigenvalue weighted by atomic mass is 15.3. The van der Waals surface area contributed by atoms with Crippen LogP contribution >= 0.6 is 0 Å². The maximum absolute atomic E-state index is 4.87. The lowest BCUT2D eigenvalue weighted by atomic mass is 10.0. The minimum atomic E-state index is 1.00. The van der Waals surface area contributed by atoms with Gasteiger partial charge in [-0.25, -0.2) is 4.68 Å². The molecule has 2 heteroatoms. The van der Waals surface area contributed by atoms with Crippen LogP contribution in [0.3, 0.4) is 0 Å². The molecule has 0 fully saturated rings. The minimum absolute atomic E-state index is 1.00. The molecule has 0 radical (unpaired) electrons. The predicted molar refractivity (Wildman–Crippen MR) is 99.2 cm³/mol. The van der Waals surface area contributed by atoms with Crippen molar-refractivity contribution in [2.75, 3.05) is 0 Å². The second-order valence-electron chi connectivity index (χ2n) is 5.90. The number of para-hydroxylation sites is 1. The Morgan fingerprint density at radius 1 is 0.667 bits per heavy atom. The van der Waals surface area contributed by atoms with Crippen molar-refractivity contribution in [1.29, 1.82) is 0 Å². The van der Waals surface area contributed by atoms with Gasteiger partial charge in [-0.2, -0.15) is 5.10 Å². The molecule has 0 aliphatic heterocycles. The van der Waals surface area contributed by atoms with Crippen LogP contribution in [0.15, 0.2) is 91.1 Å². The van der Waals surface area contributed by atoms with Crippen molar-refractivity contribution in [3.63, 3.8) is 0 Å². The lowest BCUT2D eigenvalue weighted by molar-refractivity contribution is 0.884. The third-order valence-corrected chi connectivity index (χ3v) is 4.14. The standard InChI is InChI=1S/C22H18N2/c1-17-12-14-19(15-13-17)22-21(18-8-4-2-5-9-18)16-24(23-22)20-10-6-3-7-11-20/h2-16H,1H3. The van der Waals surface area contributed by atoms with Gasteiger partial charge in [0.25, 0.3) is 0 Å². The summed E-state index contributed by atoms with van der Waals surface area (Å²) in [6, 6.07) is 29.2. The molecule has 0 saturated heterocycles. The quantitative estimate of drug-likeness (QED) is 0.487. The third-order valence-electron chi connectivity index (χ3n) is 4.14. The Bertz CT molecular complexity index is 936. The Kier molecular flexibility index (Phi) is 3.72. The number of hydrogen-bond acceptors (Lipinski definition) is 1. The van der Waals surface area contributed by atoms with Crippen molar-refractivity contribution in [3.8, 4) is 28.1 Å². The van der Waals surface area contributed by atoms with Gasteiger partial charge in [0.05, 0.1) is 5.69 Å². The molecule has 1 aromatic heterocycles. The smallest absolute Gasteiger partial charge is 0.101 e. The van der Waals surface area contributed by atoms with Gasteiger partial charge in [0.1, 0.15) is 5.69 Å². The van der Waals surface area contributed by atoms with Crippen LogP contribution in [0.25, 0.3) is 28.1 Å². The molecule has 0 atom stereocenters. The topological polar surface area (TPSA) is 17.8 Å². The molecule has 2 nitrogen and oxygen atoms in total. The van der Waals surface area contributed by atoms with Crippen molar-refractivity contribution < 1.29 is 0 Å². The van der Waals surface area contributed by atoms with Gasteiger partial charge < -0.3 is 0 Å². The normalized spacial score (nSPS) is 10.7. The molecule has 0 amide bonds. The zero-order valence-corrected chi connectivity index (χ0v) is 13.6. The van der Waals surface area contributed by atoms with E-state index < -0.39 is 0 Å². The van der Waals surface area contributed by atoms with Crippen LogP contribution in [0, 0.1) is 6.92 Å². The number of nitrogens with zero attached hydrogens (tertiary/aromatic N) is 2. The maximum Gasteiger partial charge on any atom is 0.101 e. The first-order valence-electron chi connectivity index (χ1n) is 8.09. The molecule has 116 valence electrons. The van der Waals surface area contributed by atoms with Crippen molar-refractivity contribution in [1.82, 2.24) is 9.78 Å². The lowest BCUT2D eigenvalue weighted by Crippen LogP contribution is -1.93. The van der Waals surface area contributed by atoms with E-state index in [-0.39, 0.29) is 0 Å². The molecule has 3 aromatic carbocycles. The van der Waals surface area contributed by atoms with Gasteiger partial charge in [-0.1, -0.05) is 78.4 Å². The van der Waals surface area contributed by atoms with E-state index in [2.05, 4.69) is 73.8 Å². The number of benzene rings is 3. The largest absolute Gasteiger partial charge is 0.240 e. The molecular weight excluding hydrogens is 292 g/mol. The highest BCUT2D eigenvalue weighted by molar-refractivity contribution is 5.80. The molecule has 4 aromatic rings. The van der Waals surface area contributed by atoms with Crippen molar-refractivity contribution in [3.05, 3.63) is 96.7 Å². The number of aromatic nitrogens is 2. The third kappa shape index (κ3) is 2.74. The van der Waals surface area contributed by atoms with Crippen molar-refractivity contribution in [2.45, 2.75) is 6.92 Å². The average Bonchev–Trinajstić information content (AvgIpc) is 3.09. The Labute approximate surface area is 142 Å². The first kappa shape index (κ1) is 14.5. The molecular formula is C22H18N2. The molecule has 24 heavy (non-hydrogen) atoms. The summed E-state index contributed by atoms with van der Waals surface area (Å²) in [5, 5.41) is 4.87. The van der Waals surface area contributed by atoms with Gasteiger partial charge in [-0.15, -0.1) is 0 Å². The highest BCUT2D eigenvalue weighted by Crippen LogP contribution is 2.32. The maximum atomic E-state index is 4.87. The van der Waals surface area contributed by atoms with Crippen LogP contribution in [0.5, 0.6) is 0 Å². The van der Waals surface area contributed by atoms with Gasteiger partial charge in [0.15, 0.2) is 0 Å². The second-order valence-corrected chi connectivity index (χ2v) is 5.90. The number of aryl methyl sites for hydroxylation is 1. The van der Waals surface area contributed by atoms with Crippen molar-refractivity contribution >= 4 is 0 Å². The van der Waals surface area contributed by atoms with Crippen LogP contribution in [0.1, 0.15) is 5.56 Å². The van der Waals surface area contributed by atoms with Crippen LogP contribution < -0.4 is 0 Å². The summed E-state index contributed by atoms with van der Waals surface area (Å²) in [4.78, 5) is 0. The summed E-state index contributed by atoms with van der Waals surface area (Å²) >= 11 is 0. The van der Waals surface area contributed by atoms with E-state index in [1.165, 1.54) is 11.1 Å². The summed E-state index contributed by atoms with van der Waals surface area (Å²) in [5.74, 6) is 0. The van der Waals surface area contributed by atoms with E-state index in [9.17, 15) is 0 Å². The van der Waals surface area contributed by atoms with Crippen LogP contribution in [0.4, 0.5) is 0 Å². The van der Waals surface area contributed by atoms with Gasteiger partial charge in [-0.3, -0.25) is 0 Å². The van der Waals surface area contributed by atoms with Crippen molar-refractivity contribution in [2.24, 2.45) is 0 Å². The summed E-state index contributed by atoms with van der Waals surface area (Å²) in [6.45, 7) is 2.10. The van der Waals surface area contributed by atoms with Gasteiger partial charge in [-0.05, 0) is 24.6 Å². The summed E-state index contributed by atoms with van der Waals surface area (Å²) in [7, 11) is 0. The average molecular weight is 310 g/mol. The van der Waals surface area contributed by atoms with E-state index in [0.717, 1.165) is 22.5 Å². The fourth-order valence-electron chi connectivity index (χ4n) is 2.84. The summed E-state index contributed by atoms with van der Waals surface area (Å²) < 4.78 is 1.96. The van der Waals surface area contributed by atoms with E-state index in [0.29, 0.717) is 0 Å². The Hall–Kier alpha value is -3.13. The van der Waals surface area contributed by atoms with E-state index >= 15 is 0 Å². The van der Waals surface area contributed by atoms with Gasteiger partial charge in [0, 0.05) is 17.3 Å². The predicted octanol–water partition coefficient (Wildman–Crippen LogP) is 5.51. The molecule has 0 unspecified atom stereocenters. The molecule has 0 bridgehead atoms. The second kappa shape index (κ2) is 6.17. The molecule has 0 aliphatic rings. The van der Waals surface area contributed by atoms with Gasteiger partial charge >= 0.3 is 0 Å². The molecule has 1 heterocycles. The Morgan fingerprint density at radius 2 is 1.29 bits per heavy atom. The van der Waals surface area contributed by atoms with Crippen LogP contribution in [-0.2, 0) is 0 Å². The van der Waals surface area contributed by atoms with E-state index in [4.69, 9.17) is 5.10 Å². The van der Waals surface area contributed by atoms with E-state index in [1.54, 1.807) is 0 Å². The monoisotopic (exact) mass is 310 g/mol. The fraction of sp³-hybridized carbons (Fsp3) is 0.0455. The molecule has 0 spiro atoms. The fourth-order valence-corrected chi connectivity index (χ4v) is 2.84. The van der Waals surface area contributed by atoms with Crippen LogP contribution in [-0.4, -0.2) is 9.78 Å².